The number of hydrogen-bond acceptors (Lipinski definition) is 4. The average Bonchev–Trinajstić information content (AvgIpc) is 2.77. The molecule has 6 nitrogen and oxygen atoms in total. The number of amides is 2. The number of benzene rings is 3. The molecule has 0 unspecified atom stereocenters. The number of carbonyl (C=O) groups is 2. The molecule has 3 N–H and O–H groups in total. The Bertz CT molecular complexity index is 1020. The molecular weight excluding hydrogens is 390 g/mol. The summed E-state index contributed by atoms with van der Waals surface area (Å²) in [4.78, 5) is 24.6. The highest BCUT2D eigenvalue weighted by Crippen LogP contribution is 2.24. The molecule has 0 atom stereocenters. The first kappa shape index (κ1) is 21.9. The standard InChI is InChI=1S/C25H27N3O3/c1-18(2)27-25(30)20-11-8-12-21(15-20)28-24(29)16-26-22-13-6-7-14-23(22)31-17-19-9-4-3-5-10-19/h3-15,18,26H,16-17H2,1-2H3,(H,27,30)(H,28,29). The minimum Gasteiger partial charge on any atom is -0.487 e. The van der Waals surface area contributed by atoms with Crippen molar-refractivity contribution in [1.82, 2.24) is 5.32 Å². The molecule has 160 valence electrons. The molecule has 3 rings (SSSR count). The minimum atomic E-state index is -0.223. The molecule has 6 heteroatoms. The van der Waals surface area contributed by atoms with Crippen molar-refractivity contribution in [2.24, 2.45) is 0 Å². The Kier molecular flexibility index (Phi) is 7.65. The first-order valence-corrected chi connectivity index (χ1v) is 10.2. The summed E-state index contributed by atoms with van der Waals surface area (Å²) in [5.74, 6) is 0.277. The molecule has 0 radical (unpaired) electrons. The predicted molar refractivity (Wildman–Crippen MR) is 123 cm³/mol. The van der Waals surface area contributed by atoms with Crippen molar-refractivity contribution in [3.8, 4) is 5.75 Å². The number of ether oxygens (including phenoxy) is 1. The molecule has 0 fully saturated rings. The van der Waals surface area contributed by atoms with Gasteiger partial charge in [-0.3, -0.25) is 9.59 Å². The topological polar surface area (TPSA) is 79.5 Å². The summed E-state index contributed by atoms with van der Waals surface area (Å²) in [6.45, 7) is 4.30. The highest BCUT2D eigenvalue weighted by molar-refractivity contribution is 5.98. The fraction of sp³-hybridized carbons (Fsp3) is 0.200. The lowest BCUT2D eigenvalue weighted by molar-refractivity contribution is -0.114. The maximum Gasteiger partial charge on any atom is 0.251 e. The molecule has 31 heavy (non-hydrogen) atoms. The van der Waals surface area contributed by atoms with Crippen molar-refractivity contribution in [3.63, 3.8) is 0 Å². The van der Waals surface area contributed by atoms with Crippen LogP contribution in [0.5, 0.6) is 5.75 Å². The number of rotatable bonds is 9. The molecular formula is C25H27N3O3. The van der Waals surface area contributed by atoms with Crippen LogP contribution in [0.4, 0.5) is 11.4 Å². The first-order chi connectivity index (χ1) is 15.0. The van der Waals surface area contributed by atoms with Crippen molar-refractivity contribution in [2.45, 2.75) is 26.5 Å². The third-order valence-corrected chi connectivity index (χ3v) is 4.39. The molecule has 0 saturated heterocycles. The number of hydrogen-bond donors (Lipinski definition) is 3. The van der Waals surface area contributed by atoms with E-state index < -0.39 is 0 Å². The minimum absolute atomic E-state index is 0.0409. The Morgan fingerprint density at radius 2 is 1.65 bits per heavy atom. The van der Waals surface area contributed by atoms with E-state index in [1.165, 1.54) is 0 Å². The third kappa shape index (κ3) is 6.89. The van der Waals surface area contributed by atoms with Crippen molar-refractivity contribution >= 4 is 23.2 Å². The van der Waals surface area contributed by atoms with Gasteiger partial charge in [-0.2, -0.15) is 0 Å². The van der Waals surface area contributed by atoms with Crippen LogP contribution >= 0.6 is 0 Å². The van der Waals surface area contributed by atoms with Crippen LogP contribution in [0, 0.1) is 0 Å². The van der Waals surface area contributed by atoms with Crippen molar-refractivity contribution in [2.75, 3.05) is 17.2 Å². The predicted octanol–water partition coefficient (Wildman–Crippen LogP) is 4.45. The van der Waals surface area contributed by atoms with Gasteiger partial charge in [-0.15, -0.1) is 0 Å². The zero-order valence-corrected chi connectivity index (χ0v) is 17.7. The van der Waals surface area contributed by atoms with Gasteiger partial charge in [-0.1, -0.05) is 48.5 Å². The second-order valence-corrected chi connectivity index (χ2v) is 7.38. The molecule has 0 aliphatic heterocycles. The van der Waals surface area contributed by atoms with E-state index in [0.717, 1.165) is 11.3 Å². The first-order valence-electron chi connectivity index (χ1n) is 10.2. The van der Waals surface area contributed by atoms with E-state index in [1.54, 1.807) is 24.3 Å². The van der Waals surface area contributed by atoms with E-state index >= 15 is 0 Å². The SMILES string of the molecule is CC(C)NC(=O)c1cccc(NC(=O)CNc2ccccc2OCc2ccccc2)c1. The molecule has 2 amide bonds. The lowest BCUT2D eigenvalue weighted by atomic mass is 10.1. The Morgan fingerprint density at radius 1 is 0.903 bits per heavy atom. The summed E-state index contributed by atoms with van der Waals surface area (Å²) in [5, 5.41) is 8.77. The van der Waals surface area contributed by atoms with Gasteiger partial charge < -0.3 is 20.7 Å². The average molecular weight is 418 g/mol. The molecule has 0 aliphatic carbocycles. The van der Waals surface area contributed by atoms with Gasteiger partial charge >= 0.3 is 0 Å². The van der Waals surface area contributed by atoms with Crippen molar-refractivity contribution in [3.05, 3.63) is 90.0 Å². The van der Waals surface area contributed by atoms with Gasteiger partial charge in [0.25, 0.3) is 5.91 Å². The van der Waals surface area contributed by atoms with Gasteiger partial charge in [-0.25, -0.2) is 0 Å². The summed E-state index contributed by atoms with van der Waals surface area (Å²) >= 11 is 0. The van der Waals surface area contributed by atoms with Gasteiger partial charge in [0.05, 0.1) is 12.2 Å². The summed E-state index contributed by atoms with van der Waals surface area (Å²) < 4.78 is 5.91. The third-order valence-electron chi connectivity index (χ3n) is 4.39. The largest absolute Gasteiger partial charge is 0.487 e. The van der Waals surface area contributed by atoms with Crippen LogP contribution in [0.25, 0.3) is 0 Å². The number of nitrogens with one attached hydrogen (secondary N) is 3. The van der Waals surface area contributed by atoms with Crippen LogP contribution in [-0.2, 0) is 11.4 Å². The Balaban J connectivity index is 1.56. The van der Waals surface area contributed by atoms with E-state index in [1.807, 2.05) is 68.4 Å². The second kappa shape index (κ2) is 10.8. The Morgan fingerprint density at radius 3 is 2.42 bits per heavy atom. The Hall–Kier alpha value is -3.80. The quantitative estimate of drug-likeness (QED) is 0.480. The smallest absolute Gasteiger partial charge is 0.251 e. The summed E-state index contributed by atoms with van der Waals surface area (Å²) in [6.07, 6.45) is 0. The highest BCUT2D eigenvalue weighted by atomic mass is 16.5. The fourth-order valence-electron chi connectivity index (χ4n) is 2.94. The fourth-order valence-corrected chi connectivity index (χ4v) is 2.94. The van der Waals surface area contributed by atoms with E-state index in [2.05, 4.69) is 16.0 Å². The number of anilines is 2. The van der Waals surface area contributed by atoms with Crippen molar-refractivity contribution in [1.29, 1.82) is 0 Å². The number of para-hydroxylation sites is 2. The lowest BCUT2D eigenvalue weighted by Gasteiger charge is -2.14. The van der Waals surface area contributed by atoms with E-state index in [9.17, 15) is 9.59 Å². The van der Waals surface area contributed by atoms with Gasteiger partial charge in [0.1, 0.15) is 12.4 Å². The highest BCUT2D eigenvalue weighted by Gasteiger charge is 2.10. The Labute approximate surface area is 182 Å². The summed E-state index contributed by atoms with van der Waals surface area (Å²) in [6, 6.07) is 24.3. The molecule has 0 saturated carbocycles. The molecule has 0 aromatic heterocycles. The van der Waals surface area contributed by atoms with Gasteiger partial charge in [0, 0.05) is 17.3 Å². The normalized spacial score (nSPS) is 10.4. The maximum atomic E-state index is 12.4. The van der Waals surface area contributed by atoms with Crippen LogP contribution in [0.1, 0.15) is 29.8 Å². The molecule has 0 aliphatic rings. The molecule has 0 spiro atoms. The summed E-state index contributed by atoms with van der Waals surface area (Å²) in [5.41, 5.74) is 2.87. The van der Waals surface area contributed by atoms with Crippen molar-refractivity contribution < 1.29 is 14.3 Å². The monoisotopic (exact) mass is 417 g/mol. The zero-order valence-electron chi connectivity index (χ0n) is 17.7. The van der Waals surface area contributed by atoms with E-state index in [0.29, 0.717) is 23.6 Å². The van der Waals surface area contributed by atoms with E-state index in [4.69, 9.17) is 4.74 Å². The van der Waals surface area contributed by atoms with Gasteiger partial charge in [-0.05, 0) is 49.7 Å². The van der Waals surface area contributed by atoms with Crippen LogP contribution in [0.3, 0.4) is 0 Å². The van der Waals surface area contributed by atoms with Crippen LogP contribution < -0.4 is 20.7 Å². The van der Waals surface area contributed by atoms with Gasteiger partial charge in [0.15, 0.2) is 0 Å². The van der Waals surface area contributed by atoms with Crippen LogP contribution in [-0.4, -0.2) is 24.4 Å². The molecule has 3 aromatic rings. The van der Waals surface area contributed by atoms with Crippen LogP contribution in [0.2, 0.25) is 0 Å². The molecule has 0 bridgehead atoms. The lowest BCUT2D eigenvalue weighted by Crippen LogP contribution is -2.30. The molecule has 0 heterocycles. The summed E-state index contributed by atoms with van der Waals surface area (Å²) in [7, 11) is 0. The number of carbonyl (C=O) groups excluding carboxylic acids is 2. The van der Waals surface area contributed by atoms with Gasteiger partial charge in [0.2, 0.25) is 5.91 Å². The zero-order chi connectivity index (χ0) is 22.1. The maximum absolute atomic E-state index is 12.4. The van der Waals surface area contributed by atoms with E-state index in [-0.39, 0.29) is 24.4 Å². The van der Waals surface area contributed by atoms with Crippen LogP contribution in [0.15, 0.2) is 78.9 Å². The second-order valence-electron chi connectivity index (χ2n) is 7.38. The molecule has 3 aromatic carbocycles.